The molecule has 0 saturated heterocycles. The van der Waals surface area contributed by atoms with Gasteiger partial charge in [-0.05, 0) is 37.7 Å². The van der Waals surface area contributed by atoms with E-state index in [1.54, 1.807) is 0 Å². The maximum absolute atomic E-state index is 12.8. The van der Waals surface area contributed by atoms with Gasteiger partial charge in [-0.1, -0.05) is 50.6 Å². The van der Waals surface area contributed by atoms with E-state index in [0.29, 0.717) is 13.2 Å². The molecule has 0 heterocycles. The van der Waals surface area contributed by atoms with Gasteiger partial charge in [-0.15, -0.1) is 0 Å². The van der Waals surface area contributed by atoms with Gasteiger partial charge in [-0.2, -0.15) is 0 Å². The number of rotatable bonds is 5. The molecule has 1 aromatic carbocycles. The lowest BCUT2D eigenvalue weighted by Crippen LogP contribution is -2.53. The molecule has 1 aliphatic carbocycles. The monoisotopic (exact) mass is 304 g/mol. The molecule has 3 nitrogen and oxygen atoms in total. The van der Waals surface area contributed by atoms with Crippen molar-refractivity contribution in [3.63, 3.8) is 0 Å². The fourth-order valence-corrected chi connectivity index (χ4v) is 3.71. The van der Waals surface area contributed by atoms with Crippen LogP contribution in [-0.2, 0) is 20.9 Å². The standard InChI is InChI=1S/C19H28O3/c1-5-21-16-18(2,3)12-9-13-19(16,4)17(20)22-14-15-10-7-6-8-11-15/h6-8,10-11,16H,5,9,12-14H2,1-4H3. The van der Waals surface area contributed by atoms with Gasteiger partial charge in [0.15, 0.2) is 0 Å². The van der Waals surface area contributed by atoms with Crippen molar-refractivity contribution in [1.82, 2.24) is 0 Å². The SMILES string of the molecule is CCOC1C(C)(C)CCCC1(C)C(=O)OCc1ccccc1. The smallest absolute Gasteiger partial charge is 0.314 e. The summed E-state index contributed by atoms with van der Waals surface area (Å²) >= 11 is 0. The highest BCUT2D eigenvalue weighted by Gasteiger charge is 2.52. The van der Waals surface area contributed by atoms with E-state index in [1.807, 2.05) is 44.2 Å². The van der Waals surface area contributed by atoms with E-state index in [1.165, 1.54) is 0 Å². The summed E-state index contributed by atoms with van der Waals surface area (Å²) in [5.74, 6) is -0.137. The van der Waals surface area contributed by atoms with E-state index in [9.17, 15) is 4.79 Å². The van der Waals surface area contributed by atoms with Crippen molar-refractivity contribution < 1.29 is 14.3 Å². The van der Waals surface area contributed by atoms with Crippen LogP contribution in [0.15, 0.2) is 30.3 Å². The maximum Gasteiger partial charge on any atom is 0.314 e. The molecule has 0 spiro atoms. The molecular weight excluding hydrogens is 276 g/mol. The summed E-state index contributed by atoms with van der Waals surface area (Å²) in [5.41, 5.74) is 0.448. The molecule has 22 heavy (non-hydrogen) atoms. The second kappa shape index (κ2) is 6.82. The van der Waals surface area contributed by atoms with Crippen LogP contribution in [0.5, 0.6) is 0 Å². The lowest BCUT2D eigenvalue weighted by molar-refractivity contribution is -0.183. The molecule has 0 amide bonds. The van der Waals surface area contributed by atoms with Gasteiger partial charge >= 0.3 is 5.97 Å². The van der Waals surface area contributed by atoms with Crippen molar-refractivity contribution >= 4 is 5.97 Å². The van der Waals surface area contributed by atoms with Crippen molar-refractivity contribution in [2.45, 2.75) is 59.7 Å². The maximum atomic E-state index is 12.8. The molecule has 2 rings (SSSR count). The summed E-state index contributed by atoms with van der Waals surface area (Å²) in [5, 5.41) is 0. The first-order chi connectivity index (χ1) is 10.4. The minimum Gasteiger partial charge on any atom is -0.460 e. The molecular formula is C19H28O3. The van der Waals surface area contributed by atoms with Crippen LogP contribution in [0.2, 0.25) is 0 Å². The Kier molecular flexibility index (Phi) is 5.28. The topological polar surface area (TPSA) is 35.5 Å². The summed E-state index contributed by atoms with van der Waals surface area (Å²) in [6.45, 7) is 9.32. The van der Waals surface area contributed by atoms with Gasteiger partial charge < -0.3 is 9.47 Å². The third-order valence-electron chi connectivity index (χ3n) is 4.82. The zero-order valence-corrected chi connectivity index (χ0v) is 14.2. The van der Waals surface area contributed by atoms with Crippen LogP contribution in [0.3, 0.4) is 0 Å². The largest absolute Gasteiger partial charge is 0.460 e. The van der Waals surface area contributed by atoms with Crippen molar-refractivity contribution in [2.75, 3.05) is 6.61 Å². The van der Waals surface area contributed by atoms with Crippen molar-refractivity contribution in [1.29, 1.82) is 0 Å². The Morgan fingerprint density at radius 3 is 2.50 bits per heavy atom. The average molecular weight is 304 g/mol. The predicted molar refractivity (Wildman–Crippen MR) is 87.4 cm³/mol. The second-order valence-corrected chi connectivity index (χ2v) is 7.16. The van der Waals surface area contributed by atoms with E-state index in [0.717, 1.165) is 24.8 Å². The first kappa shape index (κ1) is 17.0. The number of carbonyl (C=O) groups is 1. The molecule has 122 valence electrons. The average Bonchev–Trinajstić information content (AvgIpc) is 2.49. The van der Waals surface area contributed by atoms with E-state index < -0.39 is 5.41 Å². The minimum atomic E-state index is -0.563. The molecule has 1 fully saturated rings. The number of carbonyl (C=O) groups excluding carboxylic acids is 1. The Hall–Kier alpha value is -1.35. The highest BCUT2D eigenvalue weighted by molar-refractivity contribution is 5.77. The molecule has 1 saturated carbocycles. The second-order valence-electron chi connectivity index (χ2n) is 7.16. The number of hydrogen-bond acceptors (Lipinski definition) is 3. The Morgan fingerprint density at radius 1 is 1.18 bits per heavy atom. The summed E-state index contributed by atoms with van der Waals surface area (Å²) in [6, 6.07) is 9.82. The molecule has 2 unspecified atom stereocenters. The third kappa shape index (κ3) is 3.52. The fraction of sp³-hybridized carbons (Fsp3) is 0.632. The highest BCUT2D eigenvalue weighted by Crippen LogP contribution is 2.48. The normalized spacial score (nSPS) is 27.4. The number of ether oxygens (including phenoxy) is 2. The van der Waals surface area contributed by atoms with Crippen molar-refractivity contribution in [2.24, 2.45) is 10.8 Å². The molecule has 1 aliphatic rings. The van der Waals surface area contributed by atoms with Crippen LogP contribution in [0, 0.1) is 10.8 Å². The number of esters is 1. The first-order valence-electron chi connectivity index (χ1n) is 8.23. The van der Waals surface area contributed by atoms with Gasteiger partial charge in [-0.25, -0.2) is 0 Å². The minimum absolute atomic E-state index is 0.00518. The Morgan fingerprint density at radius 2 is 1.86 bits per heavy atom. The zero-order valence-electron chi connectivity index (χ0n) is 14.2. The van der Waals surface area contributed by atoms with Gasteiger partial charge in [-0.3, -0.25) is 4.79 Å². The van der Waals surface area contributed by atoms with Crippen LogP contribution in [0.1, 0.15) is 52.5 Å². The number of hydrogen-bond donors (Lipinski definition) is 0. The predicted octanol–water partition coefficient (Wildman–Crippen LogP) is 4.35. The van der Waals surface area contributed by atoms with Crippen LogP contribution < -0.4 is 0 Å². The van der Waals surface area contributed by atoms with Gasteiger partial charge in [0.1, 0.15) is 6.61 Å². The van der Waals surface area contributed by atoms with Gasteiger partial charge in [0.2, 0.25) is 0 Å². The van der Waals surface area contributed by atoms with Crippen LogP contribution in [0.25, 0.3) is 0 Å². The fourth-order valence-electron chi connectivity index (χ4n) is 3.71. The Bertz CT molecular complexity index is 495. The van der Waals surface area contributed by atoms with Crippen LogP contribution in [0.4, 0.5) is 0 Å². The van der Waals surface area contributed by atoms with E-state index >= 15 is 0 Å². The molecule has 3 heteroatoms. The molecule has 0 N–H and O–H groups in total. The highest BCUT2D eigenvalue weighted by atomic mass is 16.5. The molecule has 0 aromatic heterocycles. The quantitative estimate of drug-likeness (QED) is 0.759. The summed E-state index contributed by atoms with van der Waals surface area (Å²) in [4.78, 5) is 12.8. The van der Waals surface area contributed by atoms with E-state index in [-0.39, 0.29) is 17.5 Å². The summed E-state index contributed by atoms with van der Waals surface area (Å²) < 4.78 is 11.6. The lowest BCUT2D eigenvalue weighted by Gasteiger charge is -2.48. The lowest BCUT2D eigenvalue weighted by atomic mass is 9.62. The summed E-state index contributed by atoms with van der Waals surface area (Å²) in [7, 11) is 0. The zero-order chi connectivity index (χ0) is 16.2. The summed E-state index contributed by atoms with van der Waals surface area (Å²) in [6.07, 6.45) is 2.85. The Balaban J connectivity index is 2.10. The van der Waals surface area contributed by atoms with Crippen molar-refractivity contribution in [3.05, 3.63) is 35.9 Å². The van der Waals surface area contributed by atoms with Crippen LogP contribution in [-0.4, -0.2) is 18.7 Å². The molecule has 0 radical (unpaired) electrons. The van der Waals surface area contributed by atoms with Gasteiger partial charge in [0.05, 0.1) is 11.5 Å². The van der Waals surface area contributed by atoms with Gasteiger partial charge in [0.25, 0.3) is 0 Å². The molecule has 0 bridgehead atoms. The Labute approximate surface area is 134 Å². The van der Waals surface area contributed by atoms with Gasteiger partial charge in [0, 0.05) is 6.61 Å². The molecule has 2 atom stereocenters. The van der Waals surface area contributed by atoms with E-state index in [4.69, 9.17) is 9.47 Å². The third-order valence-corrected chi connectivity index (χ3v) is 4.82. The van der Waals surface area contributed by atoms with Crippen molar-refractivity contribution in [3.8, 4) is 0 Å². The first-order valence-corrected chi connectivity index (χ1v) is 8.23. The molecule has 1 aromatic rings. The van der Waals surface area contributed by atoms with E-state index in [2.05, 4.69) is 13.8 Å². The van der Waals surface area contributed by atoms with Crippen LogP contribution >= 0.6 is 0 Å². The molecule has 0 aliphatic heterocycles. The number of benzene rings is 1.